The van der Waals surface area contributed by atoms with Crippen LogP contribution in [0.5, 0.6) is 0 Å². The van der Waals surface area contributed by atoms with Crippen LogP contribution in [0.2, 0.25) is 12.6 Å². The van der Waals surface area contributed by atoms with Crippen LogP contribution in [0.4, 0.5) is 0 Å². The highest BCUT2D eigenvalue weighted by Gasteiger charge is 2.34. The van der Waals surface area contributed by atoms with E-state index in [2.05, 4.69) is 6.92 Å². The molecule has 0 spiro atoms. The monoisotopic (exact) mass is 180 g/mol. The Balaban J connectivity index is 1.80. The number of rotatable bonds is 3. The van der Waals surface area contributed by atoms with Gasteiger partial charge in [0, 0.05) is 6.61 Å². The number of hydrogen-bond acceptors (Lipinski definition) is 1. The van der Waals surface area contributed by atoms with E-state index in [0.717, 1.165) is 18.4 Å². The average Bonchev–Trinajstić information content (AvgIpc) is 2.14. The summed E-state index contributed by atoms with van der Waals surface area (Å²) < 4.78 is 5.87. The molecule has 2 fully saturated rings. The quantitative estimate of drug-likeness (QED) is 0.606. The van der Waals surface area contributed by atoms with E-state index in [0.29, 0.717) is 6.92 Å². The van der Waals surface area contributed by atoms with Crippen molar-refractivity contribution in [3.63, 3.8) is 0 Å². The maximum absolute atomic E-state index is 5.87. The maximum atomic E-state index is 5.87. The molecule has 1 nitrogen and oxygen atoms in total. The first-order chi connectivity index (χ1) is 6.38. The average molecular weight is 180 g/mol. The first kappa shape index (κ1) is 9.58. The SMILES string of the molecule is CCCOB1CC2CCCC(C1)C2. The second-order valence-electron chi connectivity index (χ2n) is 4.86. The minimum absolute atomic E-state index is 0.615. The molecule has 13 heavy (non-hydrogen) atoms. The second-order valence-corrected chi connectivity index (χ2v) is 4.86. The molecule has 2 bridgehead atoms. The van der Waals surface area contributed by atoms with Crippen molar-refractivity contribution in [2.24, 2.45) is 11.8 Å². The molecule has 0 aromatic carbocycles. The van der Waals surface area contributed by atoms with Crippen LogP contribution in [0.3, 0.4) is 0 Å². The normalized spacial score (nSPS) is 33.5. The molecule has 1 saturated heterocycles. The molecule has 1 aliphatic carbocycles. The molecule has 1 heterocycles. The van der Waals surface area contributed by atoms with Crippen LogP contribution in [0.15, 0.2) is 0 Å². The smallest absolute Gasteiger partial charge is 0.293 e. The van der Waals surface area contributed by atoms with Gasteiger partial charge in [-0.2, -0.15) is 0 Å². The van der Waals surface area contributed by atoms with E-state index in [1.54, 1.807) is 0 Å². The lowest BCUT2D eigenvalue weighted by Gasteiger charge is -2.37. The Morgan fingerprint density at radius 3 is 2.54 bits per heavy atom. The van der Waals surface area contributed by atoms with E-state index in [1.807, 2.05) is 0 Å². The van der Waals surface area contributed by atoms with Gasteiger partial charge >= 0.3 is 0 Å². The van der Waals surface area contributed by atoms with Crippen molar-refractivity contribution in [2.45, 2.75) is 51.7 Å². The topological polar surface area (TPSA) is 9.23 Å². The van der Waals surface area contributed by atoms with Crippen molar-refractivity contribution < 1.29 is 4.65 Å². The molecule has 0 N–H and O–H groups in total. The minimum Gasteiger partial charge on any atom is -0.436 e. The van der Waals surface area contributed by atoms with E-state index in [4.69, 9.17) is 4.65 Å². The summed E-state index contributed by atoms with van der Waals surface area (Å²) in [7, 11) is 0. The summed E-state index contributed by atoms with van der Waals surface area (Å²) in [6.07, 6.45) is 9.83. The molecule has 2 heteroatoms. The predicted octanol–water partition coefficient (Wildman–Crippen LogP) is 3.22. The Morgan fingerprint density at radius 1 is 1.23 bits per heavy atom. The van der Waals surface area contributed by atoms with Crippen LogP contribution in [0.1, 0.15) is 39.0 Å². The molecule has 0 aromatic rings. The Labute approximate surface area is 82.3 Å². The molecule has 0 radical (unpaired) electrons. The molecule has 2 aliphatic rings. The lowest BCUT2D eigenvalue weighted by molar-refractivity contribution is 0.237. The Morgan fingerprint density at radius 2 is 1.92 bits per heavy atom. The van der Waals surface area contributed by atoms with Crippen LogP contribution in [-0.4, -0.2) is 13.5 Å². The highest BCUT2D eigenvalue weighted by molar-refractivity contribution is 6.52. The molecular formula is C11H21BO. The Hall–Kier alpha value is 0.0249. The lowest BCUT2D eigenvalue weighted by Crippen LogP contribution is -2.33. The summed E-state index contributed by atoms with van der Waals surface area (Å²) in [6, 6.07) is 0. The molecular weight excluding hydrogens is 159 g/mol. The number of fused-ring (bicyclic) bond motifs is 2. The fraction of sp³-hybridized carbons (Fsp3) is 1.00. The molecule has 74 valence electrons. The molecule has 1 aliphatic heterocycles. The summed E-state index contributed by atoms with van der Waals surface area (Å²) in [5.74, 6) is 2.02. The zero-order chi connectivity index (χ0) is 9.10. The Kier molecular flexibility index (Phi) is 3.31. The third-order valence-corrected chi connectivity index (χ3v) is 3.64. The fourth-order valence-electron chi connectivity index (χ4n) is 3.09. The highest BCUT2D eigenvalue weighted by atomic mass is 16.4. The van der Waals surface area contributed by atoms with Gasteiger partial charge < -0.3 is 4.65 Å². The maximum Gasteiger partial charge on any atom is 0.293 e. The van der Waals surface area contributed by atoms with Crippen molar-refractivity contribution in [3.8, 4) is 0 Å². The minimum atomic E-state index is 0.615. The second kappa shape index (κ2) is 4.50. The molecule has 1 saturated carbocycles. The predicted molar refractivity (Wildman–Crippen MR) is 57.1 cm³/mol. The molecule has 2 rings (SSSR count). The van der Waals surface area contributed by atoms with Crippen LogP contribution in [0.25, 0.3) is 0 Å². The third kappa shape index (κ3) is 2.49. The van der Waals surface area contributed by atoms with Crippen molar-refractivity contribution >= 4 is 6.92 Å². The van der Waals surface area contributed by atoms with Gasteiger partial charge in [0.25, 0.3) is 6.92 Å². The number of hydrogen-bond donors (Lipinski definition) is 0. The molecule has 0 aromatic heterocycles. The van der Waals surface area contributed by atoms with E-state index in [1.165, 1.54) is 44.7 Å². The van der Waals surface area contributed by atoms with Gasteiger partial charge in [-0.1, -0.05) is 26.2 Å². The van der Waals surface area contributed by atoms with Gasteiger partial charge in [0.2, 0.25) is 0 Å². The van der Waals surface area contributed by atoms with Gasteiger partial charge in [-0.05, 0) is 37.3 Å². The summed E-state index contributed by atoms with van der Waals surface area (Å²) in [6.45, 7) is 3.79. The molecule has 2 atom stereocenters. The standard InChI is InChI=1S/C11H21BO/c1-2-6-13-12-8-10-4-3-5-11(7-10)9-12/h10-11H,2-9H2,1H3. The van der Waals surface area contributed by atoms with Gasteiger partial charge in [-0.15, -0.1) is 0 Å². The zero-order valence-electron chi connectivity index (χ0n) is 8.80. The largest absolute Gasteiger partial charge is 0.436 e. The summed E-state index contributed by atoms with van der Waals surface area (Å²) in [4.78, 5) is 0. The van der Waals surface area contributed by atoms with Gasteiger partial charge in [0.05, 0.1) is 0 Å². The lowest BCUT2D eigenvalue weighted by atomic mass is 9.47. The van der Waals surface area contributed by atoms with Crippen molar-refractivity contribution in [2.75, 3.05) is 6.61 Å². The van der Waals surface area contributed by atoms with Crippen molar-refractivity contribution in [3.05, 3.63) is 0 Å². The summed E-state index contributed by atoms with van der Waals surface area (Å²) >= 11 is 0. The van der Waals surface area contributed by atoms with Crippen LogP contribution < -0.4 is 0 Å². The van der Waals surface area contributed by atoms with Crippen LogP contribution in [-0.2, 0) is 4.65 Å². The van der Waals surface area contributed by atoms with Gasteiger partial charge in [0.15, 0.2) is 0 Å². The van der Waals surface area contributed by atoms with Crippen LogP contribution >= 0.6 is 0 Å². The molecule has 2 unspecified atom stereocenters. The van der Waals surface area contributed by atoms with Gasteiger partial charge in [0.1, 0.15) is 0 Å². The van der Waals surface area contributed by atoms with Gasteiger partial charge in [-0.25, -0.2) is 0 Å². The van der Waals surface area contributed by atoms with Gasteiger partial charge in [-0.3, -0.25) is 0 Å². The van der Waals surface area contributed by atoms with Crippen molar-refractivity contribution in [1.82, 2.24) is 0 Å². The van der Waals surface area contributed by atoms with Crippen molar-refractivity contribution in [1.29, 1.82) is 0 Å². The molecule has 0 amide bonds. The van der Waals surface area contributed by atoms with E-state index in [-0.39, 0.29) is 0 Å². The Bertz CT molecular complexity index is 148. The van der Waals surface area contributed by atoms with E-state index in [9.17, 15) is 0 Å². The van der Waals surface area contributed by atoms with Crippen LogP contribution in [0, 0.1) is 11.8 Å². The highest BCUT2D eigenvalue weighted by Crippen LogP contribution is 2.40. The van der Waals surface area contributed by atoms with E-state index >= 15 is 0 Å². The summed E-state index contributed by atoms with van der Waals surface area (Å²) in [5.41, 5.74) is 0. The first-order valence-electron chi connectivity index (χ1n) is 6.00. The fourth-order valence-corrected chi connectivity index (χ4v) is 3.09. The third-order valence-electron chi connectivity index (χ3n) is 3.64. The summed E-state index contributed by atoms with van der Waals surface area (Å²) in [5, 5.41) is 0. The first-order valence-corrected chi connectivity index (χ1v) is 6.00. The zero-order valence-corrected chi connectivity index (χ0v) is 8.80. The van der Waals surface area contributed by atoms with E-state index < -0.39 is 0 Å².